The average molecular weight is 472 g/mol. The highest BCUT2D eigenvalue weighted by molar-refractivity contribution is 6.76. The molecule has 0 aliphatic carbocycles. The van der Waals surface area contributed by atoms with Crippen molar-refractivity contribution in [2.75, 3.05) is 18.6 Å². The first-order chi connectivity index (χ1) is 14.7. The van der Waals surface area contributed by atoms with E-state index in [0.717, 1.165) is 16.9 Å². The quantitative estimate of drug-likeness (QED) is 0.241. The second-order valence-electron chi connectivity index (χ2n) is 8.38. The average Bonchev–Trinajstić information content (AvgIpc) is 3.06. The van der Waals surface area contributed by atoms with Gasteiger partial charge in [0.25, 0.3) is 6.43 Å². The van der Waals surface area contributed by atoms with Crippen LogP contribution in [0.4, 0.5) is 19.1 Å². The molecule has 0 saturated heterocycles. The third-order valence-corrected chi connectivity index (χ3v) is 6.58. The summed E-state index contributed by atoms with van der Waals surface area (Å²) in [6.45, 7) is 6.48. The largest absolute Gasteiger partial charge is 0.361 e. The predicted molar refractivity (Wildman–Crippen MR) is 119 cm³/mol. The number of pyridine rings is 1. The molecule has 0 amide bonds. The van der Waals surface area contributed by atoms with Gasteiger partial charge in [-0.05, 0) is 24.2 Å². The lowest BCUT2D eigenvalue weighted by Gasteiger charge is -2.17. The van der Waals surface area contributed by atoms with Gasteiger partial charge in [0.1, 0.15) is 24.6 Å². The molecule has 6 nitrogen and oxygen atoms in total. The molecule has 0 saturated carbocycles. The highest BCUT2D eigenvalue weighted by Gasteiger charge is 2.21. The smallest absolute Gasteiger partial charge is 0.261 e. The number of hydrogen-bond acceptors (Lipinski definition) is 5. The molecule has 0 aromatic carbocycles. The number of halogens is 4. The van der Waals surface area contributed by atoms with Crippen molar-refractivity contribution in [3.05, 3.63) is 35.7 Å². The van der Waals surface area contributed by atoms with E-state index in [4.69, 9.17) is 16.3 Å². The number of nitrogens with zero attached hydrogens (tertiary/aromatic N) is 4. The Morgan fingerprint density at radius 3 is 2.68 bits per heavy atom. The second kappa shape index (κ2) is 9.97. The van der Waals surface area contributed by atoms with Crippen molar-refractivity contribution < 1.29 is 17.9 Å². The molecule has 1 unspecified atom stereocenters. The third-order valence-electron chi connectivity index (χ3n) is 4.67. The molecule has 3 aromatic heterocycles. The maximum absolute atomic E-state index is 12.9. The SMILES string of the molecule is C[Si](C)(C)CCOCn1c(-c2ccnc(NC(CF)C(F)F)n2)cc2cnc(Cl)cc21. The van der Waals surface area contributed by atoms with Gasteiger partial charge in [-0.15, -0.1) is 0 Å². The van der Waals surface area contributed by atoms with Crippen LogP contribution in [0.5, 0.6) is 0 Å². The van der Waals surface area contributed by atoms with Crippen LogP contribution in [-0.2, 0) is 11.5 Å². The van der Waals surface area contributed by atoms with Crippen LogP contribution in [0.1, 0.15) is 0 Å². The lowest BCUT2D eigenvalue weighted by Crippen LogP contribution is -2.30. The lowest BCUT2D eigenvalue weighted by molar-refractivity contribution is 0.0912. The Morgan fingerprint density at radius 2 is 2.00 bits per heavy atom. The minimum absolute atomic E-state index is 0.0759. The van der Waals surface area contributed by atoms with E-state index in [2.05, 4.69) is 39.9 Å². The zero-order valence-corrected chi connectivity index (χ0v) is 19.3. The van der Waals surface area contributed by atoms with E-state index in [-0.39, 0.29) is 12.7 Å². The van der Waals surface area contributed by atoms with Gasteiger partial charge in [-0.2, -0.15) is 0 Å². The van der Waals surface area contributed by atoms with Crippen molar-refractivity contribution in [2.24, 2.45) is 0 Å². The first kappa shape index (κ1) is 23.5. The summed E-state index contributed by atoms with van der Waals surface area (Å²) in [6, 6.07) is 4.60. The molecule has 168 valence electrons. The van der Waals surface area contributed by atoms with Gasteiger partial charge < -0.3 is 14.6 Å². The van der Waals surface area contributed by atoms with E-state index in [1.807, 2.05) is 10.6 Å². The highest BCUT2D eigenvalue weighted by atomic mass is 35.5. The van der Waals surface area contributed by atoms with Gasteiger partial charge in [-0.1, -0.05) is 31.2 Å². The fourth-order valence-corrected chi connectivity index (χ4v) is 3.83. The summed E-state index contributed by atoms with van der Waals surface area (Å²) in [5, 5.41) is 3.52. The Bertz CT molecular complexity index is 1030. The fraction of sp³-hybridized carbons (Fsp3) is 0.450. The van der Waals surface area contributed by atoms with E-state index in [1.165, 1.54) is 6.20 Å². The molecule has 31 heavy (non-hydrogen) atoms. The number of rotatable bonds is 10. The summed E-state index contributed by atoms with van der Waals surface area (Å²) in [5.41, 5.74) is 1.97. The monoisotopic (exact) mass is 471 g/mol. The topological polar surface area (TPSA) is 64.9 Å². The Labute approximate surface area is 184 Å². The van der Waals surface area contributed by atoms with E-state index in [0.29, 0.717) is 23.1 Å². The molecule has 3 rings (SSSR count). The molecule has 0 fully saturated rings. The van der Waals surface area contributed by atoms with Crippen molar-refractivity contribution in [3.8, 4) is 11.4 Å². The number of aromatic nitrogens is 4. The number of fused-ring (bicyclic) bond motifs is 1. The normalized spacial score (nSPS) is 13.2. The number of alkyl halides is 3. The van der Waals surface area contributed by atoms with Crippen molar-refractivity contribution in [2.45, 2.75) is 44.9 Å². The van der Waals surface area contributed by atoms with Crippen molar-refractivity contribution in [3.63, 3.8) is 0 Å². The Balaban J connectivity index is 1.93. The molecule has 0 aliphatic heterocycles. The minimum atomic E-state index is -2.88. The van der Waals surface area contributed by atoms with Crippen molar-refractivity contribution >= 4 is 36.5 Å². The Hall–Kier alpha value is -2.17. The number of ether oxygens (including phenoxy) is 1. The summed E-state index contributed by atoms with van der Waals surface area (Å²) in [5.74, 6) is -0.0759. The molecule has 0 radical (unpaired) electrons. The first-order valence-corrected chi connectivity index (χ1v) is 13.9. The van der Waals surface area contributed by atoms with Crippen LogP contribution >= 0.6 is 11.6 Å². The standard InChI is InChI=1S/C20H25ClF3N5OSi/c1-31(2,3)7-6-30-12-29-16-9-18(21)26-11-13(16)8-17(29)14-4-5-25-20(27-14)28-15(10-22)19(23)24/h4-5,8-9,11,15,19H,6-7,10,12H2,1-3H3,(H,25,27,28). The minimum Gasteiger partial charge on any atom is -0.361 e. The number of nitrogens with one attached hydrogen (secondary N) is 1. The van der Waals surface area contributed by atoms with Gasteiger partial charge in [-0.3, -0.25) is 0 Å². The van der Waals surface area contributed by atoms with Crippen LogP contribution in [0.3, 0.4) is 0 Å². The van der Waals surface area contributed by atoms with Crippen LogP contribution in [0.2, 0.25) is 30.8 Å². The number of hydrogen-bond donors (Lipinski definition) is 1. The molecule has 11 heteroatoms. The van der Waals surface area contributed by atoms with Crippen LogP contribution in [0.25, 0.3) is 22.3 Å². The van der Waals surface area contributed by atoms with Gasteiger partial charge >= 0.3 is 0 Å². The molecule has 3 aromatic rings. The number of anilines is 1. The maximum atomic E-state index is 12.9. The van der Waals surface area contributed by atoms with Crippen molar-refractivity contribution in [1.82, 2.24) is 19.5 Å². The lowest BCUT2D eigenvalue weighted by atomic mass is 10.2. The van der Waals surface area contributed by atoms with Gasteiger partial charge in [0.2, 0.25) is 5.95 Å². The van der Waals surface area contributed by atoms with Gasteiger partial charge in [0.05, 0.1) is 16.9 Å². The van der Waals surface area contributed by atoms with E-state index in [9.17, 15) is 13.2 Å². The predicted octanol–water partition coefficient (Wildman–Crippen LogP) is 5.47. The van der Waals surface area contributed by atoms with Crippen LogP contribution in [0.15, 0.2) is 30.6 Å². The molecule has 1 N–H and O–H groups in total. The van der Waals surface area contributed by atoms with E-state index >= 15 is 0 Å². The van der Waals surface area contributed by atoms with Crippen LogP contribution in [-0.4, -0.2) is 53.3 Å². The zero-order valence-electron chi connectivity index (χ0n) is 17.6. The van der Waals surface area contributed by atoms with E-state index in [1.54, 1.807) is 18.3 Å². The molecule has 3 heterocycles. The molecular weight excluding hydrogens is 447 g/mol. The van der Waals surface area contributed by atoms with E-state index < -0.39 is 27.2 Å². The fourth-order valence-electron chi connectivity index (χ4n) is 2.92. The van der Waals surface area contributed by atoms with Gasteiger partial charge in [0, 0.05) is 32.5 Å². The Morgan fingerprint density at radius 1 is 1.23 bits per heavy atom. The molecular formula is C20H25ClF3N5OSi. The highest BCUT2D eigenvalue weighted by Crippen LogP contribution is 2.29. The summed E-state index contributed by atoms with van der Waals surface area (Å²) < 4.78 is 46.5. The van der Waals surface area contributed by atoms with Crippen LogP contribution < -0.4 is 5.32 Å². The second-order valence-corrected chi connectivity index (χ2v) is 14.4. The zero-order chi connectivity index (χ0) is 22.6. The molecule has 0 aliphatic rings. The Kier molecular flexibility index (Phi) is 7.55. The summed E-state index contributed by atoms with van der Waals surface area (Å²) in [7, 11) is -1.24. The summed E-state index contributed by atoms with van der Waals surface area (Å²) >= 11 is 6.09. The first-order valence-electron chi connectivity index (χ1n) is 9.84. The van der Waals surface area contributed by atoms with Gasteiger partial charge in [-0.25, -0.2) is 28.1 Å². The third kappa shape index (κ3) is 6.17. The molecule has 1 atom stereocenters. The van der Waals surface area contributed by atoms with Crippen molar-refractivity contribution in [1.29, 1.82) is 0 Å². The summed E-state index contributed by atoms with van der Waals surface area (Å²) in [6.07, 6.45) is 0.206. The van der Waals surface area contributed by atoms with Crippen LogP contribution in [0, 0.1) is 0 Å². The summed E-state index contributed by atoms with van der Waals surface area (Å²) in [4.78, 5) is 12.4. The molecule has 0 spiro atoms. The molecule has 0 bridgehead atoms. The van der Waals surface area contributed by atoms with Gasteiger partial charge in [0.15, 0.2) is 0 Å². The maximum Gasteiger partial charge on any atom is 0.261 e.